The van der Waals surface area contributed by atoms with Crippen molar-refractivity contribution < 1.29 is 9.32 Å². The molecule has 1 aromatic heterocycles. The van der Waals surface area contributed by atoms with E-state index in [0.29, 0.717) is 13.1 Å². The minimum atomic E-state index is -0.143. The van der Waals surface area contributed by atoms with Gasteiger partial charge in [-0.3, -0.25) is 4.90 Å². The van der Waals surface area contributed by atoms with Crippen molar-refractivity contribution in [3.05, 3.63) is 59.3 Å². The number of hydrogen-bond donors (Lipinski definition) is 1. The van der Waals surface area contributed by atoms with Gasteiger partial charge in [-0.25, -0.2) is 4.79 Å². The van der Waals surface area contributed by atoms with Crippen LogP contribution in [0.4, 0.5) is 10.5 Å². The van der Waals surface area contributed by atoms with E-state index in [1.807, 2.05) is 63.2 Å². The van der Waals surface area contributed by atoms with Gasteiger partial charge in [-0.05, 0) is 44.5 Å². The smallest absolute Gasteiger partial charge is 0.322 e. The molecule has 5 nitrogen and oxygen atoms in total. The number of urea groups is 1. The Morgan fingerprint density at radius 2 is 2.00 bits per heavy atom. The summed E-state index contributed by atoms with van der Waals surface area (Å²) in [7, 11) is 0. The predicted molar refractivity (Wildman–Crippen MR) is 95.2 cm³/mol. The van der Waals surface area contributed by atoms with Crippen molar-refractivity contribution >= 4 is 22.7 Å². The van der Waals surface area contributed by atoms with Crippen LogP contribution in [0, 0.1) is 13.8 Å². The number of fused-ring (bicyclic) bond motifs is 1. The Morgan fingerprint density at radius 3 is 2.75 bits per heavy atom. The average molecular weight is 323 g/mol. The van der Waals surface area contributed by atoms with E-state index >= 15 is 0 Å². The zero-order valence-electron chi connectivity index (χ0n) is 14.2. The topological polar surface area (TPSA) is 58.4 Å². The number of rotatable bonds is 4. The molecule has 3 aromatic rings. The van der Waals surface area contributed by atoms with Crippen LogP contribution in [0.3, 0.4) is 0 Å². The molecule has 0 aliphatic rings. The maximum Gasteiger partial charge on any atom is 0.322 e. The quantitative estimate of drug-likeness (QED) is 0.783. The lowest BCUT2D eigenvalue weighted by Crippen LogP contribution is -2.40. The molecule has 0 bridgehead atoms. The van der Waals surface area contributed by atoms with Crippen LogP contribution < -0.4 is 10.2 Å². The summed E-state index contributed by atoms with van der Waals surface area (Å²) in [6.45, 7) is 6.90. The molecule has 0 saturated heterocycles. The Hall–Kier alpha value is -2.82. The van der Waals surface area contributed by atoms with Gasteiger partial charge in [0.1, 0.15) is 5.69 Å². The summed E-state index contributed by atoms with van der Waals surface area (Å²) >= 11 is 0. The minimum absolute atomic E-state index is 0.143. The van der Waals surface area contributed by atoms with Crippen LogP contribution in [0.5, 0.6) is 0 Å². The van der Waals surface area contributed by atoms with Gasteiger partial charge in [0.2, 0.25) is 0 Å². The number of aryl methyl sites for hydroxylation is 2. The third-order valence-corrected chi connectivity index (χ3v) is 4.07. The van der Waals surface area contributed by atoms with Crippen LogP contribution >= 0.6 is 0 Å². The first kappa shape index (κ1) is 16.1. The number of anilines is 1. The lowest BCUT2D eigenvalue weighted by atomic mass is 10.1. The van der Waals surface area contributed by atoms with Crippen LogP contribution in [0.25, 0.3) is 11.0 Å². The van der Waals surface area contributed by atoms with E-state index in [1.165, 1.54) is 0 Å². The molecule has 0 spiro atoms. The van der Waals surface area contributed by atoms with Crippen LogP contribution in [-0.2, 0) is 6.54 Å². The molecule has 0 unspecified atom stereocenters. The van der Waals surface area contributed by atoms with Gasteiger partial charge in [-0.15, -0.1) is 0 Å². The molecule has 3 rings (SSSR count). The van der Waals surface area contributed by atoms with E-state index in [9.17, 15) is 4.79 Å². The van der Waals surface area contributed by atoms with Gasteiger partial charge in [0, 0.05) is 17.6 Å². The summed E-state index contributed by atoms with van der Waals surface area (Å²) in [6.07, 6.45) is 0. The van der Waals surface area contributed by atoms with Gasteiger partial charge in [0.25, 0.3) is 0 Å². The Bertz CT molecular complexity index is 870. The van der Waals surface area contributed by atoms with Gasteiger partial charge < -0.3 is 9.84 Å². The molecule has 124 valence electrons. The molecule has 0 saturated carbocycles. The maximum atomic E-state index is 12.6. The van der Waals surface area contributed by atoms with E-state index in [-0.39, 0.29) is 6.03 Å². The number of carbonyl (C=O) groups excluding carboxylic acids is 1. The number of benzene rings is 2. The van der Waals surface area contributed by atoms with Crippen LogP contribution in [0.15, 0.2) is 47.0 Å². The SMILES string of the molecule is CCN(C(=O)NCc1noc2ccc(C)cc12)c1ccccc1C. The summed E-state index contributed by atoms with van der Waals surface area (Å²) < 4.78 is 5.31. The first-order valence-corrected chi connectivity index (χ1v) is 8.06. The number of nitrogens with zero attached hydrogens (tertiary/aromatic N) is 2. The molecule has 0 aliphatic heterocycles. The Balaban J connectivity index is 1.76. The van der Waals surface area contributed by atoms with Crippen molar-refractivity contribution in [3.8, 4) is 0 Å². The summed E-state index contributed by atoms with van der Waals surface area (Å²) in [5.74, 6) is 0. The molecular weight excluding hydrogens is 302 g/mol. The molecule has 0 aliphatic carbocycles. The van der Waals surface area contributed by atoms with Crippen molar-refractivity contribution in [2.45, 2.75) is 27.3 Å². The lowest BCUT2D eigenvalue weighted by molar-refractivity contribution is 0.246. The molecule has 1 N–H and O–H groups in total. The van der Waals surface area contributed by atoms with Crippen molar-refractivity contribution in [1.29, 1.82) is 0 Å². The zero-order valence-corrected chi connectivity index (χ0v) is 14.2. The Kier molecular flexibility index (Phi) is 4.51. The van der Waals surface area contributed by atoms with Crippen molar-refractivity contribution in [1.82, 2.24) is 10.5 Å². The highest BCUT2D eigenvalue weighted by atomic mass is 16.5. The second kappa shape index (κ2) is 6.74. The van der Waals surface area contributed by atoms with Crippen molar-refractivity contribution in [2.75, 3.05) is 11.4 Å². The van der Waals surface area contributed by atoms with E-state index in [1.54, 1.807) is 4.90 Å². The third-order valence-electron chi connectivity index (χ3n) is 4.07. The molecule has 0 atom stereocenters. The summed E-state index contributed by atoms with van der Waals surface area (Å²) in [4.78, 5) is 14.3. The highest BCUT2D eigenvalue weighted by Crippen LogP contribution is 2.21. The molecule has 2 amide bonds. The number of nitrogens with one attached hydrogen (secondary N) is 1. The first-order valence-electron chi connectivity index (χ1n) is 8.06. The highest BCUT2D eigenvalue weighted by Gasteiger charge is 2.16. The standard InChI is InChI=1S/C19H21N3O2/c1-4-22(17-8-6-5-7-14(17)3)19(23)20-12-16-15-11-13(2)9-10-18(15)24-21-16/h5-11H,4,12H2,1-3H3,(H,20,23). The molecule has 0 fully saturated rings. The number of carbonyl (C=O) groups is 1. The fraction of sp³-hybridized carbons (Fsp3) is 0.263. The average Bonchev–Trinajstić information content (AvgIpc) is 2.97. The van der Waals surface area contributed by atoms with E-state index < -0.39 is 0 Å². The van der Waals surface area contributed by atoms with E-state index in [4.69, 9.17) is 4.52 Å². The van der Waals surface area contributed by atoms with E-state index in [2.05, 4.69) is 10.5 Å². The van der Waals surface area contributed by atoms with Gasteiger partial charge >= 0.3 is 6.03 Å². The second-order valence-electron chi connectivity index (χ2n) is 5.82. The van der Waals surface area contributed by atoms with Crippen LogP contribution in [0.1, 0.15) is 23.7 Å². The van der Waals surface area contributed by atoms with Crippen molar-refractivity contribution in [3.63, 3.8) is 0 Å². The van der Waals surface area contributed by atoms with Gasteiger partial charge in [0.15, 0.2) is 5.58 Å². The van der Waals surface area contributed by atoms with Gasteiger partial charge in [-0.1, -0.05) is 35.0 Å². The third kappa shape index (κ3) is 3.11. The van der Waals surface area contributed by atoms with E-state index in [0.717, 1.165) is 33.5 Å². The zero-order chi connectivity index (χ0) is 17.1. The molecule has 5 heteroatoms. The fourth-order valence-electron chi connectivity index (χ4n) is 2.77. The highest BCUT2D eigenvalue weighted by molar-refractivity contribution is 5.93. The molecule has 24 heavy (non-hydrogen) atoms. The number of aromatic nitrogens is 1. The first-order chi connectivity index (χ1) is 11.6. The van der Waals surface area contributed by atoms with Crippen LogP contribution in [-0.4, -0.2) is 17.7 Å². The summed E-state index contributed by atoms with van der Waals surface area (Å²) in [5.41, 5.74) is 4.59. The normalized spacial score (nSPS) is 10.8. The monoisotopic (exact) mass is 323 g/mol. The number of amides is 2. The van der Waals surface area contributed by atoms with Gasteiger partial charge in [0.05, 0.1) is 6.54 Å². The summed E-state index contributed by atoms with van der Waals surface area (Å²) in [6, 6.07) is 13.6. The van der Waals surface area contributed by atoms with Gasteiger partial charge in [-0.2, -0.15) is 0 Å². The molecule has 0 radical (unpaired) electrons. The lowest BCUT2D eigenvalue weighted by Gasteiger charge is -2.23. The Morgan fingerprint density at radius 1 is 1.21 bits per heavy atom. The Labute approximate surface area is 141 Å². The fourth-order valence-corrected chi connectivity index (χ4v) is 2.77. The molecule has 2 aromatic carbocycles. The maximum absolute atomic E-state index is 12.6. The molecular formula is C19H21N3O2. The number of hydrogen-bond acceptors (Lipinski definition) is 3. The van der Waals surface area contributed by atoms with Crippen molar-refractivity contribution in [2.24, 2.45) is 0 Å². The minimum Gasteiger partial charge on any atom is -0.356 e. The number of para-hydroxylation sites is 1. The van der Waals surface area contributed by atoms with Crippen LogP contribution in [0.2, 0.25) is 0 Å². The summed E-state index contributed by atoms with van der Waals surface area (Å²) in [5, 5.41) is 7.95. The largest absolute Gasteiger partial charge is 0.356 e. The molecule has 1 heterocycles. The second-order valence-corrected chi connectivity index (χ2v) is 5.82. The predicted octanol–water partition coefficient (Wildman–Crippen LogP) is 4.18.